The van der Waals surface area contributed by atoms with Crippen LogP contribution in [-0.2, 0) is 16.0 Å². The van der Waals surface area contributed by atoms with Crippen molar-refractivity contribution in [1.29, 1.82) is 0 Å². The third-order valence-electron chi connectivity index (χ3n) is 3.13. The van der Waals surface area contributed by atoms with Gasteiger partial charge in [0.05, 0.1) is 18.1 Å². The minimum atomic E-state index is -0.807. The Hall–Kier alpha value is -1.55. The predicted molar refractivity (Wildman–Crippen MR) is 61.9 cm³/mol. The first kappa shape index (κ1) is 11.9. The molecular formula is C13H16O4. The molecular weight excluding hydrogens is 220 g/mol. The molecule has 1 fully saturated rings. The third kappa shape index (κ3) is 2.97. The highest BCUT2D eigenvalue weighted by atomic mass is 16.6. The molecule has 0 saturated carbocycles. The summed E-state index contributed by atoms with van der Waals surface area (Å²) < 4.78 is 5.11. The van der Waals surface area contributed by atoms with Crippen molar-refractivity contribution in [2.45, 2.75) is 25.9 Å². The quantitative estimate of drug-likeness (QED) is 0.765. The third-order valence-corrected chi connectivity index (χ3v) is 3.13. The molecule has 2 unspecified atom stereocenters. The van der Waals surface area contributed by atoms with Crippen molar-refractivity contribution < 1.29 is 19.7 Å². The van der Waals surface area contributed by atoms with E-state index >= 15 is 0 Å². The van der Waals surface area contributed by atoms with Crippen LogP contribution >= 0.6 is 0 Å². The summed E-state index contributed by atoms with van der Waals surface area (Å²) in [6.07, 6.45) is 1.07. The van der Waals surface area contributed by atoms with Crippen molar-refractivity contribution in [2.24, 2.45) is 5.41 Å². The largest absolute Gasteiger partial charge is 0.508 e. The SMILES string of the molecule is CC(Cc1ccc(O)cc1)(CC1CO1)C(=O)O. The van der Waals surface area contributed by atoms with Crippen LogP contribution in [0, 0.1) is 5.41 Å². The van der Waals surface area contributed by atoms with Gasteiger partial charge in [-0.2, -0.15) is 0 Å². The van der Waals surface area contributed by atoms with Crippen LogP contribution in [0.2, 0.25) is 0 Å². The average Bonchev–Trinajstić information content (AvgIpc) is 3.05. The summed E-state index contributed by atoms with van der Waals surface area (Å²) in [5.41, 5.74) is 0.103. The molecule has 0 bridgehead atoms. The maximum atomic E-state index is 11.4. The fraction of sp³-hybridized carbons (Fsp3) is 0.462. The number of epoxide rings is 1. The van der Waals surface area contributed by atoms with E-state index in [9.17, 15) is 15.0 Å². The van der Waals surface area contributed by atoms with Gasteiger partial charge in [0.1, 0.15) is 5.75 Å². The minimum Gasteiger partial charge on any atom is -0.508 e. The summed E-state index contributed by atoms with van der Waals surface area (Å²) in [5.74, 6) is -0.614. The van der Waals surface area contributed by atoms with Gasteiger partial charge < -0.3 is 14.9 Å². The molecule has 4 nitrogen and oxygen atoms in total. The van der Waals surface area contributed by atoms with E-state index in [1.807, 2.05) is 0 Å². The van der Waals surface area contributed by atoms with Crippen molar-refractivity contribution in [1.82, 2.24) is 0 Å². The summed E-state index contributed by atoms with van der Waals surface area (Å²) >= 11 is 0. The number of phenolic OH excluding ortho intramolecular Hbond substituents is 1. The Labute approximate surface area is 99.8 Å². The van der Waals surface area contributed by atoms with Crippen LogP contribution < -0.4 is 0 Å². The lowest BCUT2D eigenvalue weighted by Crippen LogP contribution is -2.31. The smallest absolute Gasteiger partial charge is 0.309 e. The van der Waals surface area contributed by atoms with Crippen LogP contribution in [0.25, 0.3) is 0 Å². The predicted octanol–water partition coefficient (Wildman–Crippen LogP) is 1.81. The van der Waals surface area contributed by atoms with E-state index in [4.69, 9.17) is 4.74 Å². The van der Waals surface area contributed by atoms with Gasteiger partial charge in [0.25, 0.3) is 0 Å². The zero-order chi connectivity index (χ0) is 12.5. The van der Waals surface area contributed by atoms with Crippen LogP contribution in [0.15, 0.2) is 24.3 Å². The normalized spacial score (nSPS) is 21.8. The molecule has 0 spiro atoms. The standard InChI is InChI=1S/C13H16O4/c1-13(12(15)16,7-11-8-17-11)6-9-2-4-10(14)5-3-9/h2-5,11,14H,6-8H2,1H3,(H,15,16). The van der Waals surface area contributed by atoms with Gasteiger partial charge >= 0.3 is 5.97 Å². The zero-order valence-electron chi connectivity index (χ0n) is 9.72. The first-order chi connectivity index (χ1) is 7.99. The number of phenols is 1. The maximum Gasteiger partial charge on any atom is 0.309 e. The number of carboxylic acid groups (broad SMARTS) is 1. The van der Waals surface area contributed by atoms with Crippen molar-refractivity contribution in [3.8, 4) is 5.75 Å². The van der Waals surface area contributed by atoms with Crippen LogP contribution in [-0.4, -0.2) is 28.9 Å². The molecule has 2 atom stereocenters. The van der Waals surface area contributed by atoms with Gasteiger partial charge in [-0.1, -0.05) is 12.1 Å². The highest BCUT2D eigenvalue weighted by Gasteiger charge is 2.40. The molecule has 2 N–H and O–H groups in total. The molecule has 1 heterocycles. The van der Waals surface area contributed by atoms with Gasteiger partial charge in [0.15, 0.2) is 0 Å². The van der Waals surface area contributed by atoms with Crippen molar-refractivity contribution >= 4 is 5.97 Å². The van der Waals surface area contributed by atoms with Gasteiger partial charge in [0, 0.05) is 0 Å². The second kappa shape index (κ2) is 4.37. The highest BCUT2D eigenvalue weighted by Crippen LogP contribution is 2.33. The zero-order valence-corrected chi connectivity index (χ0v) is 9.72. The molecule has 0 aromatic heterocycles. The first-order valence-electron chi connectivity index (χ1n) is 5.62. The lowest BCUT2D eigenvalue weighted by Gasteiger charge is -2.24. The lowest BCUT2D eigenvalue weighted by molar-refractivity contribution is -0.148. The monoisotopic (exact) mass is 236 g/mol. The molecule has 17 heavy (non-hydrogen) atoms. The molecule has 0 amide bonds. The fourth-order valence-electron chi connectivity index (χ4n) is 1.99. The van der Waals surface area contributed by atoms with E-state index in [-0.39, 0.29) is 11.9 Å². The molecule has 1 aromatic rings. The van der Waals surface area contributed by atoms with Crippen LogP contribution in [0.5, 0.6) is 5.75 Å². The minimum absolute atomic E-state index is 0.0909. The van der Waals surface area contributed by atoms with Gasteiger partial charge in [-0.05, 0) is 37.5 Å². The lowest BCUT2D eigenvalue weighted by atomic mass is 9.79. The van der Waals surface area contributed by atoms with Crippen molar-refractivity contribution in [3.05, 3.63) is 29.8 Å². The molecule has 1 aliphatic rings. The summed E-state index contributed by atoms with van der Waals surface area (Å²) in [7, 11) is 0. The van der Waals surface area contributed by atoms with E-state index in [0.29, 0.717) is 19.4 Å². The Bertz CT molecular complexity index is 408. The molecule has 92 valence electrons. The fourth-order valence-corrected chi connectivity index (χ4v) is 1.99. The van der Waals surface area contributed by atoms with Gasteiger partial charge in [-0.15, -0.1) is 0 Å². The Morgan fingerprint density at radius 1 is 1.47 bits per heavy atom. The number of aromatic hydroxyl groups is 1. The number of hydrogen-bond acceptors (Lipinski definition) is 3. The van der Waals surface area contributed by atoms with Crippen molar-refractivity contribution in [3.63, 3.8) is 0 Å². The van der Waals surface area contributed by atoms with Gasteiger partial charge in [-0.3, -0.25) is 4.79 Å². The molecule has 0 aliphatic carbocycles. The summed E-state index contributed by atoms with van der Waals surface area (Å²) in [6.45, 7) is 2.41. The number of ether oxygens (including phenoxy) is 1. The Balaban J connectivity index is 2.11. The molecule has 1 saturated heterocycles. The number of benzene rings is 1. The van der Waals surface area contributed by atoms with Crippen LogP contribution in [0.4, 0.5) is 0 Å². The number of hydrogen-bond donors (Lipinski definition) is 2. The molecule has 2 rings (SSSR count). The molecule has 0 radical (unpaired) electrons. The van der Waals surface area contributed by atoms with E-state index in [1.165, 1.54) is 0 Å². The van der Waals surface area contributed by atoms with Gasteiger partial charge in [-0.25, -0.2) is 0 Å². The molecule has 1 aromatic carbocycles. The van der Waals surface area contributed by atoms with Gasteiger partial charge in [0.2, 0.25) is 0 Å². The first-order valence-corrected chi connectivity index (χ1v) is 5.62. The van der Waals surface area contributed by atoms with E-state index in [2.05, 4.69) is 0 Å². The summed E-state index contributed by atoms with van der Waals surface area (Å²) in [6, 6.07) is 6.66. The second-order valence-corrected chi connectivity index (χ2v) is 4.87. The number of rotatable bonds is 5. The number of carboxylic acids is 1. The van der Waals surface area contributed by atoms with E-state index in [0.717, 1.165) is 5.56 Å². The van der Waals surface area contributed by atoms with Crippen LogP contribution in [0.3, 0.4) is 0 Å². The van der Waals surface area contributed by atoms with E-state index in [1.54, 1.807) is 31.2 Å². The second-order valence-electron chi connectivity index (χ2n) is 4.87. The number of aliphatic carboxylic acids is 1. The summed E-state index contributed by atoms with van der Waals surface area (Å²) in [5, 5.41) is 18.5. The highest BCUT2D eigenvalue weighted by molar-refractivity contribution is 5.74. The van der Waals surface area contributed by atoms with Crippen LogP contribution in [0.1, 0.15) is 18.9 Å². The Morgan fingerprint density at radius 3 is 2.53 bits per heavy atom. The number of carbonyl (C=O) groups is 1. The molecule has 1 aliphatic heterocycles. The topological polar surface area (TPSA) is 70.1 Å². The Kier molecular flexibility index (Phi) is 3.07. The maximum absolute atomic E-state index is 11.4. The average molecular weight is 236 g/mol. The molecule has 4 heteroatoms. The Morgan fingerprint density at radius 2 is 2.06 bits per heavy atom. The summed E-state index contributed by atoms with van der Waals surface area (Å²) in [4.78, 5) is 11.4. The van der Waals surface area contributed by atoms with Crippen molar-refractivity contribution in [2.75, 3.05) is 6.61 Å². The van der Waals surface area contributed by atoms with E-state index < -0.39 is 11.4 Å².